The number of rotatable bonds is 1. The quantitative estimate of drug-likeness (QED) is 0.424. The van der Waals surface area contributed by atoms with Crippen molar-refractivity contribution in [1.29, 1.82) is 0 Å². The average Bonchev–Trinajstić information content (AvgIpc) is 1.65. The predicted octanol–water partition coefficient (Wildman–Crippen LogP) is -0.390. The van der Waals surface area contributed by atoms with Crippen LogP contribution in [0.15, 0.2) is 11.9 Å². The molecule has 40 valence electrons. The van der Waals surface area contributed by atoms with E-state index in [1.165, 1.54) is 6.92 Å². The van der Waals surface area contributed by atoms with Crippen molar-refractivity contribution in [2.24, 2.45) is 0 Å². The molecule has 0 spiro atoms. The number of carbonyl (C=O) groups excluding carboxylic acids is 1. The Morgan fingerprint density at radius 1 is 1.86 bits per heavy atom. The van der Waals surface area contributed by atoms with Crippen LogP contribution in [0.3, 0.4) is 0 Å². The fraction of sp³-hybridized carbons (Fsp3) is 0.250. The largest absolute Gasteiger partial charge is 0.542 e. The summed E-state index contributed by atoms with van der Waals surface area (Å²) in [6, 6.07) is 0. The van der Waals surface area contributed by atoms with Crippen LogP contribution in [0.1, 0.15) is 6.92 Å². The summed E-state index contributed by atoms with van der Waals surface area (Å²) in [7, 11) is 0. The fourth-order valence-corrected chi connectivity index (χ4v) is 0.118. The summed E-state index contributed by atoms with van der Waals surface area (Å²) in [4.78, 5) is 9.38. The number of hydrogen-bond acceptors (Lipinski definition) is 2. The molecule has 0 saturated carbocycles. The Morgan fingerprint density at radius 3 is 2.29 bits per heavy atom. The zero-order valence-corrected chi connectivity index (χ0v) is 3.77. The molecule has 0 amide bonds. The van der Waals surface area contributed by atoms with Crippen LogP contribution in [0.2, 0.25) is 0 Å². The van der Waals surface area contributed by atoms with Crippen molar-refractivity contribution in [3.8, 4) is 0 Å². The monoisotopic (exact) mass is 103 g/mol. The highest BCUT2D eigenvalue weighted by Gasteiger charge is 1.87. The topological polar surface area (TPSA) is 40.1 Å². The van der Waals surface area contributed by atoms with Crippen LogP contribution in [-0.2, 0) is 4.79 Å². The van der Waals surface area contributed by atoms with Gasteiger partial charge in [0.15, 0.2) is 0 Å². The Bertz CT molecular complexity index is 106. The average molecular weight is 103 g/mol. The van der Waals surface area contributed by atoms with E-state index in [9.17, 15) is 14.3 Å². The molecule has 0 aliphatic rings. The molecular formula is C4H4FO2-. The maximum Gasteiger partial charge on any atom is 0.141 e. The summed E-state index contributed by atoms with van der Waals surface area (Å²) >= 11 is 0. The van der Waals surface area contributed by atoms with Gasteiger partial charge in [-0.3, -0.25) is 0 Å². The van der Waals surface area contributed by atoms with Crippen LogP contribution in [-0.4, -0.2) is 5.97 Å². The number of carboxylic acids is 1. The molecular weight excluding hydrogens is 99.0 g/mol. The van der Waals surface area contributed by atoms with E-state index in [-0.39, 0.29) is 0 Å². The van der Waals surface area contributed by atoms with Gasteiger partial charge < -0.3 is 9.90 Å². The molecule has 0 atom stereocenters. The second-order valence-corrected chi connectivity index (χ2v) is 0.924. The third-order valence-electron chi connectivity index (χ3n) is 0.448. The molecule has 0 rings (SSSR count). The van der Waals surface area contributed by atoms with Gasteiger partial charge >= 0.3 is 0 Å². The summed E-state index contributed by atoms with van der Waals surface area (Å²) < 4.78 is 11.5. The van der Waals surface area contributed by atoms with Gasteiger partial charge in [0, 0.05) is 0 Å². The van der Waals surface area contributed by atoms with Crippen LogP contribution in [0.5, 0.6) is 0 Å². The lowest BCUT2D eigenvalue weighted by atomic mass is 10.5. The van der Waals surface area contributed by atoms with Crippen LogP contribution in [0.4, 0.5) is 4.39 Å². The maximum absolute atomic E-state index is 11.5. The van der Waals surface area contributed by atoms with E-state index in [0.717, 1.165) is 6.08 Å². The summed E-state index contributed by atoms with van der Waals surface area (Å²) in [6.07, 6.45) is 0.829. The Kier molecular flexibility index (Phi) is 2.05. The summed E-state index contributed by atoms with van der Waals surface area (Å²) in [5.41, 5.74) is 0. The minimum absolute atomic E-state index is 0.829. The molecule has 3 heteroatoms. The molecule has 0 radical (unpaired) electrons. The van der Waals surface area contributed by atoms with Crippen molar-refractivity contribution >= 4 is 5.97 Å². The van der Waals surface area contributed by atoms with Gasteiger partial charge in [-0.1, -0.05) is 0 Å². The number of allylic oxidation sites excluding steroid dienone is 1. The second kappa shape index (κ2) is 2.34. The minimum Gasteiger partial charge on any atom is -0.542 e. The number of halogens is 1. The standard InChI is InChI=1S/C4H5FO2/c1-2-3(5)4(6)7/h2H,1H3,(H,6,7)/p-1. The first kappa shape index (κ1) is 6.14. The zero-order chi connectivity index (χ0) is 5.86. The van der Waals surface area contributed by atoms with Gasteiger partial charge in [0.25, 0.3) is 0 Å². The molecule has 0 heterocycles. The van der Waals surface area contributed by atoms with Gasteiger partial charge in [-0.15, -0.1) is 0 Å². The van der Waals surface area contributed by atoms with Gasteiger partial charge in [-0.2, -0.15) is 0 Å². The fourth-order valence-electron chi connectivity index (χ4n) is 0.118. The van der Waals surface area contributed by atoms with Crippen molar-refractivity contribution < 1.29 is 14.3 Å². The third kappa shape index (κ3) is 1.92. The summed E-state index contributed by atoms with van der Waals surface area (Å²) in [6.45, 7) is 1.28. The van der Waals surface area contributed by atoms with Crippen molar-refractivity contribution in [2.75, 3.05) is 0 Å². The highest BCUT2D eigenvalue weighted by molar-refractivity contribution is 5.81. The second-order valence-electron chi connectivity index (χ2n) is 0.924. The minimum atomic E-state index is -1.76. The molecule has 0 saturated heterocycles. The normalized spacial score (nSPS) is 11.4. The van der Waals surface area contributed by atoms with Crippen LogP contribution < -0.4 is 5.11 Å². The van der Waals surface area contributed by atoms with Gasteiger partial charge in [0.1, 0.15) is 5.83 Å². The van der Waals surface area contributed by atoms with Crippen LogP contribution in [0, 0.1) is 0 Å². The SMILES string of the molecule is CC=C(F)C(=O)[O-]. The Morgan fingerprint density at radius 2 is 2.29 bits per heavy atom. The molecule has 0 aromatic rings. The first-order valence-corrected chi connectivity index (χ1v) is 1.71. The molecule has 0 fully saturated rings. The van der Waals surface area contributed by atoms with E-state index in [1.807, 2.05) is 0 Å². The maximum atomic E-state index is 11.5. The number of carbonyl (C=O) groups is 1. The lowest BCUT2D eigenvalue weighted by molar-refractivity contribution is -0.301. The summed E-state index contributed by atoms with van der Waals surface area (Å²) in [5, 5.41) is 9.38. The van der Waals surface area contributed by atoms with Gasteiger partial charge in [-0.25, -0.2) is 4.39 Å². The van der Waals surface area contributed by atoms with E-state index < -0.39 is 11.8 Å². The molecule has 0 bridgehead atoms. The van der Waals surface area contributed by atoms with Gasteiger partial charge in [0.05, 0.1) is 5.97 Å². The lowest BCUT2D eigenvalue weighted by Crippen LogP contribution is -2.22. The highest BCUT2D eigenvalue weighted by Crippen LogP contribution is 1.89. The smallest absolute Gasteiger partial charge is 0.141 e. The van der Waals surface area contributed by atoms with Gasteiger partial charge in [-0.05, 0) is 13.0 Å². The number of carboxylic acid groups (broad SMARTS) is 1. The first-order chi connectivity index (χ1) is 3.18. The summed E-state index contributed by atoms with van der Waals surface area (Å²) in [5.74, 6) is -2.98. The Labute approximate surface area is 40.3 Å². The van der Waals surface area contributed by atoms with E-state index >= 15 is 0 Å². The van der Waals surface area contributed by atoms with E-state index in [4.69, 9.17) is 0 Å². The zero-order valence-electron chi connectivity index (χ0n) is 3.77. The third-order valence-corrected chi connectivity index (χ3v) is 0.448. The number of aliphatic carboxylic acids is 1. The van der Waals surface area contributed by atoms with Crippen molar-refractivity contribution in [3.05, 3.63) is 11.9 Å². The molecule has 0 N–H and O–H groups in total. The predicted molar refractivity (Wildman–Crippen MR) is 19.9 cm³/mol. The van der Waals surface area contributed by atoms with E-state index in [2.05, 4.69) is 0 Å². The van der Waals surface area contributed by atoms with Gasteiger partial charge in [0.2, 0.25) is 0 Å². The molecule has 0 unspecified atom stereocenters. The van der Waals surface area contributed by atoms with E-state index in [1.54, 1.807) is 0 Å². The molecule has 0 aromatic carbocycles. The molecule has 0 aliphatic heterocycles. The van der Waals surface area contributed by atoms with Crippen LogP contribution in [0.25, 0.3) is 0 Å². The molecule has 0 aliphatic carbocycles. The molecule has 2 nitrogen and oxygen atoms in total. The van der Waals surface area contributed by atoms with Crippen LogP contribution >= 0.6 is 0 Å². The Balaban J connectivity index is 3.82. The Hall–Kier alpha value is -0.860. The van der Waals surface area contributed by atoms with Crippen molar-refractivity contribution in [2.45, 2.75) is 6.92 Å². The number of hydrogen-bond donors (Lipinski definition) is 0. The highest BCUT2D eigenvalue weighted by atomic mass is 19.1. The molecule has 0 aromatic heterocycles. The van der Waals surface area contributed by atoms with Crippen molar-refractivity contribution in [3.63, 3.8) is 0 Å². The molecule has 7 heavy (non-hydrogen) atoms. The lowest BCUT2D eigenvalue weighted by Gasteiger charge is -1.91. The van der Waals surface area contributed by atoms with E-state index in [0.29, 0.717) is 0 Å². The first-order valence-electron chi connectivity index (χ1n) is 1.71. The van der Waals surface area contributed by atoms with Crippen molar-refractivity contribution in [1.82, 2.24) is 0 Å².